The minimum absolute atomic E-state index is 0.130. The van der Waals surface area contributed by atoms with E-state index in [1.165, 1.54) is 24.3 Å². The summed E-state index contributed by atoms with van der Waals surface area (Å²) >= 11 is 0. The summed E-state index contributed by atoms with van der Waals surface area (Å²) in [5, 5.41) is 0. The Balaban J connectivity index is 1.97. The summed E-state index contributed by atoms with van der Waals surface area (Å²) in [6.07, 6.45) is 2.15. The molecule has 1 heterocycles. The second kappa shape index (κ2) is 7.34. The number of piperidine rings is 1. The van der Waals surface area contributed by atoms with Gasteiger partial charge >= 0.3 is 5.97 Å². The first-order chi connectivity index (χ1) is 11.2. The Kier molecular flexibility index (Phi) is 5.64. The van der Waals surface area contributed by atoms with Crippen molar-refractivity contribution in [1.29, 1.82) is 0 Å². The number of rotatable bonds is 4. The van der Waals surface area contributed by atoms with Gasteiger partial charge in [0.15, 0.2) is 15.9 Å². The van der Waals surface area contributed by atoms with Crippen molar-refractivity contribution in [3.8, 4) is 0 Å². The Morgan fingerprint density at radius 2 is 1.71 bits per heavy atom. The van der Waals surface area contributed by atoms with Crippen LogP contribution in [0.25, 0.3) is 0 Å². The van der Waals surface area contributed by atoms with Crippen LogP contribution in [0.5, 0.6) is 0 Å². The van der Waals surface area contributed by atoms with Crippen LogP contribution in [0.3, 0.4) is 0 Å². The molecule has 1 aromatic rings. The molecule has 0 bridgehead atoms. The largest absolute Gasteiger partial charge is 0.449 e. The second-order valence-corrected chi connectivity index (χ2v) is 8.37. The van der Waals surface area contributed by atoms with Crippen molar-refractivity contribution in [2.24, 2.45) is 5.92 Å². The fourth-order valence-electron chi connectivity index (χ4n) is 2.60. The van der Waals surface area contributed by atoms with Crippen LogP contribution in [0.15, 0.2) is 29.2 Å². The van der Waals surface area contributed by atoms with Crippen molar-refractivity contribution in [2.75, 3.05) is 19.3 Å². The zero-order chi connectivity index (χ0) is 17.9. The zero-order valence-electron chi connectivity index (χ0n) is 14.2. The van der Waals surface area contributed by atoms with E-state index in [1.54, 1.807) is 11.8 Å². The predicted molar refractivity (Wildman–Crippen MR) is 89.4 cm³/mol. The highest BCUT2D eigenvalue weighted by atomic mass is 32.2. The molecule has 0 aliphatic carbocycles. The average Bonchev–Trinajstić information content (AvgIpc) is 2.54. The number of carbonyl (C=O) groups is 2. The Labute approximate surface area is 142 Å². The molecule has 0 radical (unpaired) electrons. The number of esters is 1. The average molecular weight is 353 g/mol. The van der Waals surface area contributed by atoms with Gasteiger partial charge in [-0.1, -0.05) is 6.92 Å². The quantitative estimate of drug-likeness (QED) is 0.772. The van der Waals surface area contributed by atoms with Gasteiger partial charge in [0, 0.05) is 19.3 Å². The standard InChI is InChI=1S/C17H23NO5S/c1-12-8-10-18(11-9-12)16(19)13(2)23-17(20)14-4-6-15(7-5-14)24(3,21)22/h4-7,12-13H,8-11H2,1-3H3/t13-/m0/s1. The number of likely N-dealkylation sites (tertiary alicyclic amines) is 1. The number of hydrogen-bond donors (Lipinski definition) is 0. The van der Waals surface area contributed by atoms with Crippen molar-refractivity contribution in [3.05, 3.63) is 29.8 Å². The van der Waals surface area contributed by atoms with Gasteiger partial charge in [0.05, 0.1) is 10.5 Å². The highest BCUT2D eigenvalue weighted by Crippen LogP contribution is 2.18. The molecule has 1 aliphatic heterocycles. The smallest absolute Gasteiger partial charge is 0.338 e. The Bertz CT molecular complexity index is 703. The van der Waals surface area contributed by atoms with Crippen LogP contribution in [0, 0.1) is 5.92 Å². The van der Waals surface area contributed by atoms with Crippen LogP contribution in [-0.2, 0) is 19.4 Å². The molecule has 132 valence electrons. The van der Waals surface area contributed by atoms with E-state index in [0.717, 1.165) is 19.1 Å². The van der Waals surface area contributed by atoms with Crippen molar-refractivity contribution in [3.63, 3.8) is 0 Å². The first-order valence-corrected chi connectivity index (χ1v) is 9.87. The maximum Gasteiger partial charge on any atom is 0.338 e. The summed E-state index contributed by atoms with van der Waals surface area (Å²) in [5.74, 6) is -0.218. The molecule has 0 aromatic heterocycles. The second-order valence-electron chi connectivity index (χ2n) is 6.35. The summed E-state index contributed by atoms with van der Waals surface area (Å²) in [5.41, 5.74) is 0.217. The molecule has 0 saturated carbocycles. The predicted octanol–water partition coefficient (Wildman–Crippen LogP) is 1.89. The van der Waals surface area contributed by atoms with Crippen molar-refractivity contribution in [1.82, 2.24) is 4.90 Å². The third-order valence-corrected chi connectivity index (χ3v) is 5.37. The Hall–Kier alpha value is -1.89. The van der Waals surface area contributed by atoms with Crippen LogP contribution in [-0.4, -0.2) is 50.6 Å². The monoisotopic (exact) mass is 353 g/mol. The van der Waals surface area contributed by atoms with Gasteiger partial charge in [-0.15, -0.1) is 0 Å². The van der Waals surface area contributed by atoms with Crippen LogP contribution >= 0.6 is 0 Å². The van der Waals surface area contributed by atoms with Crippen LogP contribution in [0.1, 0.15) is 37.0 Å². The SMILES string of the molecule is CC1CCN(C(=O)[C@H](C)OC(=O)c2ccc(S(C)(=O)=O)cc2)CC1. The summed E-state index contributed by atoms with van der Waals surface area (Å²) in [6.45, 7) is 5.09. The molecule has 1 amide bonds. The van der Waals surface area contributed by atoms with Gasteiger partial charge < -0.3 is 9.64 Å². The molecule has 1 aliphatic rings. The number of hydrogen-bond acceptors (Lipinski definition) is 5. The van der Waals surface area contributed by atoms with Gasteiger partial charge in [-0.05, 0) is 49.9 Å². The van der Waals surface area contributed by atoms with E-state index in [4.69, 9.17) is 4.74 Å². The molecular formula is C17H23NO5S. The van der Waals surface area contributed by atoms with Gasteiger partial charge in [-0.3, -0.25) is 4.79 Å². The molecule has 24 heavy (non-hydrogen) atoms. The molecule has 1 atom stereocenters. The van der Waals surface area contributed by atoms with Crippen molar-refractivity contribution in [2.45, 2.75) is 37.7 Å². The van der Waals surface area contributed by atoms with Crippen molar-refractivity contribution < 1.29 is 22.7 Å². The third-order valence-electron chi connectivity index (χ3n) is 4.25. The first kappa shape index (κ1) is 18.4. The lowest BCUT2D eigenvalue weighted by Gasteiger charge is -2.31. The summed E-state index contributed by atoms with van der Waals surface area (Å²) in [4.78, 5) is 26.3. The third kappa shape index (κ3) is 4.56. The minimum atomic E-state index is -3.31. The van der Waals surface area contributed by atoms with E-state index in [2.05, 4.69) is 6.92 Å². The number of benzene rings is 1. The highest BCUT2D eigenvalue weighted by Gasteiger charge is 2.27. The van der Waals surface area contributed by atoms with Gasteiger partial charge in [-0.2, -0.15) is 0 Å². The van der Waals surface area contributed by atoms with Crippen LogP contribution in [0.2, 0.25) is 0 Å². The lowest BCUT2D eigenvalue weighted by atomic mass is 9.99. The van der Waals surface area contributed by atoms with E-state index in [0.29, 0.717) is 19.0 Å². The van der Waals surface area contributed by atoms with Gasteiger partial charge in [0.2, 0.25) is 0 Å². The molecule has 2 rings (SSSR count). The minimum Gasteiger partial charge on any atom is -0.449 e. The lowest BCUT2D eigenvalue weighted by molar-refractivity contribution is -0.141. The van der Waals surface area contributed by atoms with Crippen LogP contribution < -0.4 is 0 Å². The van der Waals surface area contributed by atoms with E-state index in [9.17, 15) is 18.0 Å². The molecular weight excluding hydrogens is 330 g/mol. The van der Waals surface area contributed by atoms with E-state index < -0.39 is 21.9 Å². The number of amides is 1. The fourth-order valence-corrected chi connectivity index (χ4v) is 3.23. The summed E-state index contributed by atoms with van der Waals surface area (Å²) < 4.78 is 28.0. The molecule has 1 saturated heterocycles. The molecule has 1 aromatic carbocycles. The molecule has 7 heteroatoms. The molecule has 0 spiro atoms. The molecule has 6 nitrogen and oxygen atoms in total. The molecule has 1 fully saturated rings. The zero-order valence-corrected chi connectivity index (χ0v) is 15.0. The number of nitrogens with zero attached hydrogens (tertiary/aromatic N) is 1. The number of carbonyl (C=O) groups excluding carboxylic acids is 2. The highest BCUT2D eigenvalue weighted by molar-refractivity contribution is 7.90. The topological polar surface area (TPSA) is 80.8 Å². The maximum absolute atomic E-state index is 12.3. The molecule has 0 N–H and O–H groups in total. The van der Waals surface area contributed by atoms with Gasteiger partial charge in [-0.25, -0.2) is 13.2 Å². The normalized spacial score (nSPS) is 17.4. The Morgan fingerprint density at radius 3 is 2.21 bits per heavy atom. The first-order valence-electron chi connectivity index (χ1n) is 7.98. The van der Waals surface area contributed by atoms with E-state index >= 15 is 0 Å². The van der Waals surface area contributed by atoms with Gasteiger partial charge in [0.25, 0.3) is 5.91 Å². The number of ether oxygens (including phenoxy) is 1. The fraction of sp³-hybridized carbons (Fsp3) is 0.529. The van der Waals surface area contributed by atoms with E-state index in [1.807, 2.05) is 0 Å². The summed E-state index contributed by atoms with van der Waals surface area (Å²) in [6, 6.07) is 5.48. The summed E-state index contributed by atoms with van der Waals surface area (Å²) in [7, 11) is -3.31. The van der Waals surface area contributed by atoms with Crippen molar-refractivity contribution >= 4 is 21.7 Å². The van der Waals surface area contributed by atoms with E-state index in [-0.39, 0.29) is 16.4 Å². The Morgan fingerprint density at radius 1 is 1.17 bits per heavy atom. The maximum atomic E-state index is 12.3. The molecule has 0 unspecified atom stereocenters. The van der Waals surface area contributed by atoms with Gasteiger partial charge in [0.1, 0.15) is 0 Å². The lowest BCUT2D eigenvalue weighted by Crippen LogP contribution is -2.44. The van der Waals surface area contributed by atoms with Crippen LogP contribution in [0.4, 0.5) is 0 Å². The number of sulfone groups is 1.